The molecule has 8 rings (SSSR count). The number of hydrogen-bond donors (Lipinski definition) is 2. The van der Waals surface area contributed by atoms with E-state index in [2.05, 4.69) is 22.5 Å². The summed E-state index contributed by atoms with van der Waals surface area (Å²) >= 11 is -0.681. The Labute approximate surface area is 405 Å². The van der Waals surface area contributed by atoms with Gasteiger partial charge in [0.2, 0.25) is 0 Å². The van der Waals surface area contributed by atoms with E-state index in [0.29, 0.717) is 55.4 Å². The number of carbonyl (C=O) groups excluding carboxylic acids is 4. The number of urea groups is 2. The Balaban J connectivity index is 0.954. The van der Waals surface area contributed by atoms with Crippen LogP contribution in [-0.4, -0.2) is 87.6 Å². The topological polar surface area (TPSA) is 129 Å². The Morgan fingerprint density at radius 2 is 1.14 bits per heavy atom. The number of anilines is 2. The molecule has 69 heavy (non-hydrogen) atoms. The molecule has 0 radical (unpaired) electrons. The first-order valence-corrected chi connectivity index (χ1v) is 24.4. The third kappa shape index (κ3) is 10.2. The molecule has 0 aliphatic carbocycles. The number of halogens is 7. The molecule has 0 unspecified atom stereocenters. The second kappa shape index (κ2) is 19.3. The molecule has 0 saturated carbocycles. The number of carbonyl (C=O) groups is 4. The molecule has 12 nitrogen and oxygen atoms in total. The molecule has 0 saturated heterocycles. The van der Waals surface area contributed by atoms with Crippen molar-refractivity contribution in [3.63, 3.8) is 0 Å². The molecule has 4 aliphatic heterocycles. The summed E-state index contributed by atoms with van der Waals surface area (Å²) in [4.78, 5) is 61.7. The van der Waals surface area contributed by atoms with E-state index in [-0.39, 0.29) is 59.7 Å². The minimum absolute atomic E-state index is 0.00135. The van der Waals surface area contributed by atoms with Gasteiger partial charge in [0.25, 0.3) is 0 Å². The summed E-state index contributed by atoms with van der Waals surface area (Å²) in [5, 5.41) is 15.0. The molecule has 0 spiro atoms. The van der Waals surface area contributed by atoms with Gasteiger partial charge in [-0.05, 0) is 0 Å². The SMILES string of the molecule is CCC#Cc1ccc([C@H]2NC(=O)N(c3cccc(C(F)(F)F)c3)C3=C2C(=O)N(CC[I-][N+](C)(C)CCCN2CC4=C(C2=O)[C@@H](c2ccc(C#N)cc2)NC(=O)N4c2cccc(C(F)(F)F)c2)C3)cc1. The number of nitriles is 1. The average Bonchev–Trinajstić information content (AvgIpc) is 3.81. The fraction of sp³-hybridized carbons (Fsp3) is 0.300. The normalized spacial score (nSPS) is 18.6. The molecule has 0 bridgehead atoms. The first-order valence-electron chi connectivity index (χ1n) is 21.9. The van der Waals surface area contributed by atoms with E-state index in [9.17, 15) is 50.8 Å². The van der Waals surface area contributed by atoms with E-state index < -0.39 is 69.1 Å². The van der Waals surface area contributed by atoms with Crippen LogP contribution in [0.5, 0.6) is 0 Å². The zero-order valence-electron chi connectivity index (χ0n) is 37.5. The molecule has 0 aromatic heterocycles. The third-order valence-electron chi connectivity index (χ3n) is 12.2. The first kappa shape index (κ1) is 48.6. The molecule has 19 heteroatoms. The van der Waals surface area contributed by atoms with Gasteiger partial charge in [0.1, 0.15) is 0 Å². The number of alkyl halides is 7. The Morgan fingerprint density at radius 1 is 0.681 bits per heavy atom. The van der Waals surface area contributed by atoms with E-state index in [1.54, 1.807) is 58.3 Å². The van der Waals surface area contributed by atoms with Crippen molar-refractivity contribution in [2.75, 3.05) is 61.0 Å². The van der Waals surface area contributed by atoms with Gasteiger partial charge in [-0.1, -0.05) is 6.92 Å². The maximum atomic E-state index is 14.4. The van der Waals surface area contributed by atoms with Gasteiger partial charge < -0.3 is 0 Å². The van der Waals surface area contributed by atoms with Crippen molar-refractivity contribution in [1.82, 2.24) is 20.4 Å². The van der Waals surface area contributed by atoms with E-state index in [1.807, 2.05) is 27.1 Å². The number of quaternary nitrogens is 1. The van der Waals surface area contributed by atoms with E-state index in [0.717, 1.165) is 39.6 Å². The van der Waals surface area contributed by atoms with Gasteiger partial charge in [-0.3, -0.25) is 0 Å². The third-order valence-corrected chi connectivity index (χ3v) is 15.5. The molecule has 0 fully saturated rings. The second-order valence-electron chi connectivity index (χ2n) is 17.1. The quantitative estimate of drug-likeness (QED) is 0.0659. The van der Waals surface area contributed by atoms with Gasteiger partial charge in [0.05, 0.1) is 6.07 Å². The number of benzene rings is 4. The summed E-state index contributed by atoms with van der Waals surface area (Å²) in [6.45, 7) is 3.08. The van der Waals surface area contributed by atoms with Crippen molar-refractivity contribution >= 4 is 35.3 Å². The predicted octanol–water partition coefficient (Wildman–Crippen LogP) is 5.26. The minimum atomic E-state index is -4.68. The molecule has 6 amide bonds. The van der Waals surface area contributed by atoms with Crippen LogP contribution in [0.25, 0.3) is 0 Å². The summed E-state index contributed by atoms with van der Waals surface area (Å²) in [7, 11) is 4.08. The van der Waals surface area contributed by atoms with Crippen LogP contribution in [0.3, 0.4) is 0 Å². The predicted molar refractivity (Wildman–Crippen MR) is 239 cm³/mol. The fourth-order valence-electron chi connectivity index (χ4n) is 8.81. The summed E-state index contributed by atoms with van der Waals surface area (Å²) in [5.74, 6) is 5.33. The fourth-order valence-corrected chi connectivity index (χ4v) is 11.6. The zero-order chi connectivity index (χ0) is 49.4. The summed E-state index contributed by atoms with van der Waals surface area (Å²) in [6, 6.07) is 21.1. The van der Waals surface area contributed by atoms with Crippen molar-refractivity contribution in [2.24, 2.45) is 0 Å². The van der Waals surface area contributed by atoms with E-state index in [1.165, 1.54) is 24.3 Å². The maximum absolute atomic E-state index is 14.4. The second-order valence-corrected chi connectivity index (χ2v) is 21.5. The molecule has 2 N–H and O–H groups in total. The summed E-state index contributed by atoms with van der Waals surface area (Å²) in [6.07, 6.45) is -8.16. The van der Waals surface area contributed by atoms with Crippen LogP contribution in [0.4, 0.5) is 47.3 Å². The van der Waals surface area contributed by atoms with Gasteiger partial charge >= 0.3 is 369 Å². The molecule has 4 heterocycles. The van der Waals surface area contributed by atoms with Crippen molar-refractivity contribution in [2.45, 2.75) is 44.2 Å². The van der Waals surface area contributed by atoms with Crippen LogP contribution in [0.15, 0.2) is 120 Å². The number of hydrogen-bond acceptors (Lipinski definition) is 5. The van der Waals surface area contributed by atoms with Crippen LogP contribution >= 0.6 is 0 Å². The van der Waals surface area contributed by atoms with Crippen molar-refractivity contribution in [3.05, 3.63) is 153 Å². The van der Waals surface area contributed by atoms with Gasteiger partial charge in [0.15, 0.2) is 0 Å². The number of amides is 6. The van der Waals surface area contributed by atoms with Crippen LogP contribution in [0, 0.1) is 23.2 Å². The molecular weight excluding hydrogens is 1020 g/mol. The van der Waals surface area contributed by atoms with E-state index >= 15 is 0 Å². The van der Waals surface area contributed by atoms with Crippen molar-refractivity contribution < 1.29 is 69.7 Å². The zero-order valence-corrected chi connectivity index (χ0v) is 39.7. The average molecular weight is 1060 g/mol. The van der Waals surface area contributed by atoms with E-state index in [4.69, 9.17) is 0 Å². The molecule has 4 aliphatic rings. The Bertz CT molecular complexity index is 2880. The monoisotopic (exact) mass is 1060 g/mol. The Hall–Kier alpha value is -6.84. The standard InChI is InChI=1S/C50H45F6IN8O4/c1-4-5-9-31-14-18-33(19-15-31)43-42-40(64(48(69)59-43)38-13-7-11-36(27-38)50(54,55)56)30-62(46(42)67)24-22-57-65(2,3)25-8-23-61-29-39-41(45(61)66)44(34-20-16-32(28-58)17-21-34)60-47(68)63(39)37-12-6-10-35(26-37)49(51,52)53/h6-7,10-21,26-27,43-44H,4,8,22-25,29-30H2,1-3H3,(H,59,69)(H,60,68)/t43-,44-/m1/s1. The van der Waals surface area contributed by atoms with Gasteiger partial charge in [-0.25, -0.2) is 0 Å². The Kier molecular flexibility index (Phi) is 13.6. The number of rotatable bonds is 12. The van der Waals surface area contributed by atoms with Crippen molar-refractivity contribution in [3.8, 4) is 17.9 Å². The molecule has 4 aromatic rings. The van der Waals surface area contributed by atoms with Gasteiger partial charge in [0, 0.05) is 6.42 Å². The van der Waals surface area contributed by atoms with Crippen LogP contribution in [0.2, 0.25) is 0 Å². The first-order chi connectivity index (χ1) is 32.8. The number of nitrogens with zero attached hydrogens (tertiary/aromatic N) is 6. The van der Waals surface area contributed by atoms with Crippen LogP contribution in [-0.2, 0) is 21.9 Å². The van der Waals surface area contributed by atoms with Crippen molar-refractivity contribution in [1.29, 1.82) is 5.26 Å². The van der Waals surface area contributed by atoms with Gasteiger partial charge in [-0.2, -0.15) is 18.4 Å². The molecule has 4 aromatic carbocycles. The summed E-state index contributed by atoms with van der Waals surface area (Å²) in [5.41, 5.74) is 1.33. The Morgan fingerprint density at radius 3 is 1.59 bits per heavy atom. The summed E-state index contributed by atoms with van der Waals surface area (Å²) < 4.78 is 84.1. The van der Waals surface area contributed by atoms with Crippen LogP contribution in [0.1, 0.15) is 65.2 Å². The number of nitrogens with one attached hydrogen (secondary N) is 2. The molecule has 2 atom stereocenters. The molecule has 358 valence electrons. The van der Waals surface area contributed by atoms with Crippen LogP contribution < -0.4 is 41.9 Å². The molecular formula is C50H45F6IN8O4. The van der Waals surface area contributed by atoms with Gasteiger partial charge in [-0.15, -0.1) is 0 Å².